The lowest BCUT2D eigenvalue weighted by Crippen LogP contribution is -2.54. The Bertz CT molecular complexity index is 318. The molecule has 1 aliphatic heterocycles. The number of nitrogens with zero attached hydrogens (tertiary/aromatic N) is 2. The molecule has 0 spiro atoms. The minimum atomic E-state index is 0. The van der Waals surface area contributed by atoms with Gasteiger partial charge in [-0.1, -0.05) is 6.42 Å². The Kier molecular flexibility index (Phi) is 7.06. The maximum atomic E-state index is 12.4. The molecule has 1 amide bonds. The number of hydrogen-bond acceptors (Lipinski definition) is 3. The maximum absolute atomic E-state index is 12.4. The van der Waals surface area contributed by atoms with Gasteiger partial charge in [0.2, 0.25) is 5.91 Å². The van der Waals surface area contributed by atoms with Gasteiger partial charge in [-0.2, -0.15) is 0 Å². The highest BCUT2D eigenvalue weighted by atomic mass is 35.5. The van der Waals surface area contributed by atoms with Crippen molar-refractivity contribution in [3.63, 3.8) is 0 Å². The van der Waals surface area contributed by atoms with Gasteiger partial charge in [0.05, 0.1) is 0 Å². The van der Waals surface area contributed by atoms with Crippen LogP contribution in [0.15, 0.2) is 0 Å². The van der Waals surface area contributed by atoms with Gasteiger partial charge < -0.3 is 10.6 Å². The minimum Gasteiger partial charge on any atom is -0.340 e. The summed E-state index contributed by atoms with van der Waals surface area (Å²) in [7, 11) is 0. The summed E-state index contributed by atoms with van der Waals surface area (Å²) in [5.74, 6) is 0.589. The molecule has 3 fully saturated rings. The molecule has 0 aromatic heterocycles. The van der Waals surface area contributed by atoms with E-state index in [1.54, 1.807) is 0 Å². The van der Waals surface area contributed by atoms with Gasteiger partial charge in [0, 0.05) is 44.2 Å². The molecule has 0 radical (unpaired) electrons. The predicted octanol–water partition coefficient (Wildman–Crippen LogP) is 1.65. The molecule has 6 heteroatoms. The summed E-state index contributed by atoms with van der Waals surface area (Å²) >= 11 is 0. The van der Waals surface area contributed by atoms with Crippen LogP contribution in [0.2, 0.25) is 0 Å². The lowest BCUT2D eigenvalue weighted by molar-refractivity contribution is -0.137. The second kappa shape index (κ2) is 7.83. The summed E-state index contributed by atoms with van der Waals surface area (Å²) in [6.45, 7) is 4.02. The third-order valence-electron chi connectivity index (χ3n) is 5.04. The number of piperazine rings is 1. The average Bonchev–Trinajstić information content (AvgIpc) is 2.74. The highest BCUT2D eigenvalue weighted by molar-refractivity contribution is 5.85. The lowest BCUT2D eigenvalue weighted by Gasteiger charge is -2.43. The second-order valence-corrected chi connectivity index (χ2v) is 6.22. The van der Waals surface area contributed by atoms with Gasteiger partial charge in [0.1, 0.15) is 0 Å². The van der Waals surface area contributed by atoms with Crippen LogP contribution in [0.3, 0.4) is 0 Å². The van der Waals surface area contributed by atoms with Crippen molar-refractivity contribution in [1.82, 2.24) is 9.80 Å². The quantitative estimate of drug-likeness (QED) is 0.840. The van der Waals surface area contributed by atoms with E-state index >= 15 is 0 Å². The van der Waals surface area contributed by atoms with Crippen molar-refractivity contribution in [2.45, 2.75) is 50.6 Å². The average molecular weight is 324 g/mol. The van der Waals surface area contributed by atoms with Crippen molar-refractivity contribution in [1.29, 1.82) is 0 Å². The van der Waals surface area contributed by atoms with Crippen molar-refractivity contribution in [3.8, 4) is 0 Å². The summed E-state index contributed by atoms with van der Waals surface area (Å²) in [6, 6.07) is 1.08. The molecule has 3 aliphatic rings. The Labute approximate surface area is 134 Å². The molecule has 2 unspecified atom stereocenters. The number of carbonyl (C=O) groups is 1. The molecule has 4 nitrogen and oxygen atoms in total. The number of rotatable bonds is 2. The van der Waals surface area contributed by atoms with E-state index in [2.05, 4.69) is 9.80 Å². The third-order valence-corrected chi connectivity index (χ3v) is 5.04. The molecule has 2 atom stereocenters. The molecule has 2 aliphatic carbocycles. The van der Waals surface area contributed by atoms with E-state index in [-0.39, 0.29) is 36.8 Å². The standard InChI is InChI=1S/C14H25N3O.2ClH/c15-12-5-4-11(10-12)14(18)17-8-6-16(7-9-17)13-2-1-3-13;;/h11-13H,1-10,15H2;2*1H. The van der Waals surface area contributed by atoms with Crippen LogP contribution < -0.4 is 5.73 Å². The highest BCUT2D eigenvalue weighted by Gasteiger charge is 2.34. The van der Waals surface area contributed by atoms with Crippen molar-refractivity contribution in [2.75, 3.05) is 26.2 Å². The van der Waals surface area contributed by atoms with Crippen LogP contribution >= 0.6 is 24.8 Å². The highest BCUT2D eigenvalue weighted by Crippen LogP contribution is 2.28. The number of halogens is 2. The molecule has 1 heterocycles. The SMILES string of the molecule is Cl.Cl.NC1CCC(C(=O)N2CCN(C3CCC3)CC2)C1. The monoisotopic (exact) mass is 323 g/mol. The zero-order valence-electron chi connectivity index (χ0n) is 12.0. The fourth-order valence-electron chi connectivity index (χ4n) is 3.56. The van der Waals surface area contributed by atoms with Crippen LogP contribution in [-0.2, 0) is 4.79 Å². The summed E-state index contributed by atoms with van der Waals surface area (Å²) in [6.07, 6.45) is 7.06. The van der Waals surface area contributed by atoms with Gasteiger partial charge in [-0.05, 0) is 32.1 Å². The fourth-order valence-corrected chi connectivity index (χ4v) is 3.56. The minimum absolute atomic E-state index is 0. The first-order chi connectivity index (χ1) is 8.74. The number of amides is 1. The number of carbonyl (C=O) groups excluding carboxylic acids is 1. The molecule has 3 rings (SSSR count). The van der Waals surface area contributed by atoms with Gasteiger partial charge in [0.15, 0.2) is 0 Å². The van der Waals surface area contributed by atoms with E-state index in [9.17, 15) is 4.79 Å². The Morgan fingerprint density at radius 1 is 0.950 bits per heavy atom. The van der Waals surface area contributed by atoms with Gasteiger partial charge >= 0.3 is 0 Å². The number of hydrogen-bond donors (Lipinski definition) is 1. The Balaban J connectivity index is 0.000001000. The molecule has 2 N–H and O–H groups in total. The zero-order chi connectivity index (χ0) is 12.5. The molecule has 20 heavy (non-hydrogen) atoms. The summed E-state index contributed by atoms with van der Waals surface area (Å²) < 4.78 is 0. The van der Waals surface area contributed by atoms with E-state index in [0.29, 0.717) is 5.91 Å². The largest absolute Gasteiger partial charge is 0.340 e. The summed E-state index contributed by atoms with van der Waals surface area (Å²) in [5.41, 5.74) is 5.90. The van der Waals surface area contributed by atoms with Crippen molar-refractivity contribution < 1.29 is 4.79 Å². The van der Waals surface area contributed by atoms with Crippen LogP contribution in [-0.4, -0.2) is 54.0 Å². The zero-order valence-corrected chi connectivity index (χ0v) is 13.6. The van der Waals surface area contributed by atoms with Gasteiger partial charge in [-0.25, -0.2) is 0 Å². The molecule has 118 valence electrons. The van der Waals surface area contributed by atoms with Crippen LogP contribution in [0.1, 0.15) is 38.5 Å². The van der Waals surface area contributed by atoms with Crippen molar-refractivity contribution >= 4 is 30.7 Å². The van der Waals surface area contributed by atoms with Gasteiger partial charge in [-0.15, -0.1) is 24.8 Å². The number of nitrogens with two attached hydrogens (primary N) is 1. The van der Waals surface area contributed by atoms with Crippen LogP contribution in [0, 0.1) is 5.92 Å². The molecule has 0 aromatic rings. The first kappa shape index (κ1) is 18.0. The maximum Gasteiger partial charge on any atom is 0.225 e. The van der Waals surface area contributed by atoms with E-state index in [1.807, 2.05) is 0 Å². The van der Waals surface area contributed by atoms with Crippen LogP contribution in [0.5, 0.6) is 0 Å². The first-order valence-electron chi connectivity index (χ1n) is 7.52. The molecule has 0 aromatic carbocycles. The van der Waals surface area contributed by atoms with Crippen LogP contribution in [0.25, 0.3) is 0 Å². The Morgan fingerprint density at radius 2 is 1.60 bits per heavy atom. The van der Waals surface area contributed by atoms with Crippen molar-refractivity contribution in [3.05, 3.63) is 0 Å². The molecular formula is C14H27Cl2N3O. The van der Waals surface area contributed by atoms with Gasteiger partial charge in [-0.3, -0.25) is 9.69 Å². The normalized spacial score (nSPS) is 31.1. The lowest BCUT2D eigenvalue weighted by atomic mass is 9.91. The molecular weight excluding hydrogens is 297 g/mol. The molecule has 0 bridgehead atoms. The molecule has 2 saturated carbocycles. The summed E-state index contributed by atoms with van der Waals surface area (Å²) in [4.78, 5) is 17.0. The second-order valence-electron chi connectivity index (χ2n) is 6.22. The van der Waals surface area contributed by atoms with Gasteiger partial charge in [0.25, 0.3) is 0 Å². The Morgan fingerprint density at radius 3 is 2.05 bits per heavy atom. The van der Waals surface area contributed by atoms with Crippen molar-refractivity contribution in [2.24, 2.45) is 11.7 Å². The third kappa shape index (κ3) is 3.79. The molecule has 1 saturated heterocycles. The smallest absolute Gasteiger partial charge is 0.225 e. The van der Waals surface area contributed by atoms with E-state index in [1.165, 1.54) is 19.3 Å². The van der Waals surface area contributed by atoms with E-state index in [0.717, 1.165) is 51.5 Å². The first-order valence-corrected chi connectivity index (χ1v) is 7.52. The van der Waals surface area contributed by atoms with E-state index < -0.39 is 0 Å². The summed E-state index contributed by atoms with van der Waals surface area (Å²) in [5, 5.41) is 0. The Hall–Kier alpha value is -0.0300. The predicted molar refractivity (Wildman–Crippen MR) is 85.6 cm³/mol. The topological polar surface area (TPSA) is 49.6 Å². The van der Waals surface area contributed by atoms with E-state index in [4.69, 9.17) is 5.73 Å². The fraction of sp³-hybridized carbons (Fsp3) is 0.929. The van der Waals surface area contributed by atoms with Crippen LogP contribution in [0.4, 0.5) is 0 Å².